The number of hydrogen-bond donors (Lipinski definition) is 0. The molecule has 0 bridgehead atoms. The van der Waals surface area contributed by atoms with Gasteiger partial charge in [0.25, 0.3) is 0 Å². The molecule has 20 heavy (non-hydrogen) atoms. The van der Waals surface area contributed by atoms with Gasteiger partial charge in [-0.15, -0.1) is 0 Å². The first-order chi connectivity index (χ1) is 9.70. The van der Waals surface area contributed by atoms with Crippen molar-refractivity contribution in [3.63, 3.8) is 0 Å². The minimum absolute atomic E-state index is 0.782. The van der Waals surface area contributed by atoms with Crippen LogP contribution in [0.25, 0.3) is 22.4 Å². The summed E-state index contributed by atoms with van der Waals surface area (Å²) in [6, 6.07) is 10.1. The number of fused-ring (bicyclic) bond motifs is 1. The topological polar surface area (TPSA) is 43.6 Å². The molecular formula is C16H18N4. The summed E-state index contributed by atoms with van der Waals surface area (Å²) in [5, 5.41) is 5.59. The molecule has 0 aliphatic heterocycles. The second kappa shape index (κ2) is 5.04. The summed E-state index contributed by atoms with van der Waals surface area (Å²) in [5.74, 6) is 0.782. The maximum atomic E-state index is 4.77. The van der Waals surface area contributed by atoms with E-state index in [0.717, 1.165) is 46.7 Å². The Bertz CT molecular complexity index is 744. The van der Waals surface area contributed by atoms with Gasteiger partial charge in [0, 0.05) is 12.6 Å². The van der Waals surface area contributed by atoms with E-state index in [1.807, 2.05) is 49.0 Å². The fraction of sp³-hybridized carbons (Fsp3) is 0.312. The molecule has 3 rings (SSSR count). The van der Waals surface area contributed by atoms with E-state index in [9.17, 15) is 0 Å². The maximum Gasteiger partial charge on any atom is 0.162 e. The van der Waals surface area contributed by atoms with Crippen LogP contribution in [0.4, 0.5) is 0 Å². The molecule has 102 valence electrons. The van der Waals surface area contributed by atoms with Gasteiger partial charge in [-0.25, -0.2) is 9.97 Å². The Kier molecular flexibility index (Phi) is 3.22. The number of nitrogens with zero attached hydrogens (tertiary/aromatic N) is 4. The highest BCUT2D eigenvalue weighted by Crippen LogP contribution is 2.24. The van der Waals surface area contributed by atoms with Crippen LogP contribution < -0.4 is 0 Å². The van der Waals surface area contributed by atoms with Gasteiger partial charge in [0.2, 0.25) is 0 Å². The van der Waals surface area contributed by atoms with Gasteiger partial charge in [-0.3, -0.25) is 4.68 Å². The Balaban J connectivity index is 2.28. The summed E-state index contributed by atoms with van der Waals surface area (Å²) >= 11 is 0. The number of aromatic nitrogens is 4. The highest BCUT2D eigenvalue weighted by molar-refractivity contribution is 5.82. The van der Waals surface area contributed by atoms with Crippen LogP contribution in [0.1, 0.15) is 24.7 Å². The van der Waals surface area contributed by atoms with E-state index in [0.29, 0.717) is 0 Å². The van der Waals surface area contributed by atoms with Crippen molar-refractivity contribution in [2.24, 2.45) is 7.05 Å². The molecule has 0 fully saturated rings. The molecule has 0 aliphatic rings. The monoisotopic (exact) mass is 266 g/mol. The van der Waals surface area contributed by atoms with Crippen LogP contribution >= 0.6 is 0 Å². The molecule has 0 N–H and O–H groups in total. The van der Waals surface area contributed by atoms with E-state index in [4.69, 9.17) is 9.97 Å². The van der Waals surface area contributed by atoms with Crippen molar-refractivity contribution in [1.82, 2.24) is 19.7 Å². The van der Waals surface area contributed by atoms with Crippen molar-refractivity contribution in [3.8, 4) is 11.4 Å². The Hall–Kier alpha value is -2.23. The van der Waals surface area contributed by atoms with E-state index in [2.05, 4.69) is 12.0 Å². The van der Waals surface area contributed by atoms with Gasteiger partial charge in [-0.1, -0.05) is 43.7 Å². The first-order valence-electron chi connectivity index (χ1n) is 6.96. The molecule has 4 nitrogen and oxygen atoms in total. The molecule has 0 unspecified atom stereocenters. The van der Waals surface area contributed by atoms with Gasteiger partial charge < -0.3 is 0 Å². The molecule has 0 saturated carbocycles. The Morgan fingerprint density at radius 2 is 1.85 bits per heavy atom. The fourth-order valence-electron chi connectivity index (χ4n) is 2.56. The lowest BCUT2D eigenvalue weighted by molar-refractivity contribution is 0.773. The summed E-state index contributed by atoms with van der Waals surface area (Å²) in [5.41, 5.74) is 4.07. The lowest BCUT2D eigenvalue weighted by atomic mass is 10.1. The average Bonchev–Trinajstić information content (AvgIpc) is 2.75. The fourth-order valence-corrected chi connectivity index (χ4v) is 2.56. The maximum absolute atomic E-state index is 4.77. The summed E-state index contributed by atoms with van der Waals surface area (Å²) in [6.45, 7) is 4.19. The zero-order valence-corrected chi connectivity index (χ0v) is 12.1. The number of hydrogen-bond acceptors (Lipinski definition) is 3. The van der Waals surface area contributed by atoms with Crippen LogP contribution in [0.2, 0.25) is 0 Å². The predicted molar refractivity (Wildman–Crippen MR) is 80.5 cm³/mol. The minimum Gasteiger partial charge on any atom is -0.250 e. The highest BCUT2D eigenvalue weighted by atomic mass is 15.3. The lowest BCUT2D eigenvalue weighted by Gasteiger charge is -2.06. The zero-order chi connectivity index (χ0) is 14.1. The SMILES string of the molecule is CCCc1nc(-c2ccccc2)nc2c1c(C)nn2C. The second-order valence-electron chi connectivity index (χ2n) is 5.02. The van der Waals surface area contributed by atoms with Gasteiger partial charge >= 0.3 is 0 Å². The molecule has 0 radical (unpaired) electrons. The third-order valence-corrected chi connectivity index (χ3v) is 3.45. The number of benzene rings is 1. The van der Waals surface area contributed by atoms with Gasteiger partial charge in [-0.05, 0) is 13.3 Å². The van der Waals surface area contributed by atoms with Crippen LogP contribution in [-0.2, 0) is 13.5 Å². The van der Waals surface area contributed by atoms with E-state index in [1.165, 1.54) is 0 Å². The molecular weight excluding hydrogens is 248 g/mol. The van der Waals surface area contributed by atoms with Crippen molar-refractivity contribution in [1.29, 1.82) is 0 Å². The van der Waals surface area contributed by atoms with Crippen LogP contribution in [0.3, 0.4) is 0 Å². The first kappa shape index (κ1) is 12.8. The van der Waals surface area contributed by atoms with Crippen molar-refractivity contribution < 1.29 is 0 Å². The molecule has 0 atom stereocenters. The van der Waals surface area contributed by atoms with Crippen molar-refractivity contribution in [3.05, 3.63) is 41.7 Å². The lowest BCUT2D eigenvalue weighted by Crippen LogP contribution is -2.00. The Morgan fingerprint density at radius 1 is 1.10 bits per heavy atom. The molecule has 0 aliphatic carbocycles. The molecule has 0 spiro atoms. The van der Waals surface area contributed by atoms with Crippen molar-refractivity contribution >= 4 is 11.0 Å². The van der Waals surface area contributed by atoms with Gasteiger partial charge in [-0.2, -0.15) is 5.10 Å². The van der Waals surface area contributed by atoms with Crippen LogP contribution in [0.15, 0.2) is 30.3 Å². The first-order valence-corrected chi connectivity index (χ1v) is 6.96. The van der Waals surface area contributed by atoms with Gasteiger partial charge in [0.15, 0.2) is 11.5 Å². The van der Waals surface area contributed by atoms with E-state index in [1.54, 1.807) is 0 Å². The van der Waals surface area contributed by atoms with Crippen molar-refractivity contribution in [2.75, 3.05) is 0 Å². The molecule has 3 aromatic rings. The van der Waals surface area contributed by atoms with Crippen LogP contribution in [0, 0.1) is 6.92 Å². The van der Waals surface area contributed by atoms with E-state index < -0.39 is 0 Å². The normalized spacial score (nSPS) is 11.2. The predicted octanol–water partition coefficient (Wildman–Crippen LogP) is 3.29. The molecule has 1 aromatic carbocycles. The summed E-state index contributed by atoms with van der Waals surface area (Å²) in [6.07, 6.45) is 2.01. The van der Waals surface area contributed by atoms with Crippen molar-refractivity contribution in [2.45, 2.75) is 26.7 Å². The summed E-state index contributed by atoms with van der Waals surface area (Å²) < 4.78 is 1.85. The third kappa shape index (κ3) is 2.07. The molecule has 0 saturated heterocycles. The van der Waals surface area contributed by atoms with Gasteiger partial charge in [0.1, 0.15) is 0 Å². The number of rotatable bonds is 3. The third-order valence-electron chi connectivity index (χ3n) is 3.45. The van der Waals surface area contributed by atoms with E-state index in [-0.39, 0.29) is 0 Å². The van der Waals surface area contributed by atoms with Crippen LogP contribution in [-0.4, -0.2) is 19.7 Å². The summed E-state index contributed by atoms with van der Waals surface area (Å²) in [4.78, 5) is 9.47. The second-order valence-corrected chi connectivity index (χ2v) is 5.02. The van der Waals surface area contributed by atoms with E-state index >= 15 is 0 Å². The largest absolute Gasteiger partial charge is 0.250 e. The summed E-state index contributed by atoms with van der Waals surface area (Å²) in [7, 11) is 1.94. The standard InChI is InChI=1S/C16H18N4/c1-4-8-13-14-11(2)19-20(3)16(14)18-15(17-13)12-9-6-5-7-10-12/h5-7,9-10H,4,8H2,1-3H3. The average molecular weight is 266 g/mol. The molecule has 2 heterocycles. The molecule has 4 heteroatoms. The molecule has 0 amide bonds. The van der Waals surface area contributed by atoms with Crippen LogP contribution in [0.5, 0.6) is 0 Å². The molecule has 2 aromatic heterocycles. The van der Waals surface area contributed by atoms with Gasteiger partial charge in [0.05, 0.1) is 16.8 Å². The minimum atomic E-state index is 0.782. The highest BCUT2D eigenvalue weighted by Gasteiger charge is 2.15. The zero-order valence-electron chi connectivity index (χ0n) is 12.1. The number of aryl methyl sites for hydroxylation is 3. The smallest absolute Gasteiger partial charge is 0.162 e. The Morgan fingerprint density at radius 3 is 2.55 bits per heavy atom. The Labute approximate surface area is 118 Å². The quantitative estimate of drug-likeness (QED) is 0.730.